The van der Waals surface area contributed by atoms with E-state index in [0.29, 0.717) is 5.82 Å². The number of pyridine rings is 1. The van der Waals surface area contributed by atoms with E-state index in [1.54, 1.807) is 30.7 Å². The Labute approximate surface area is 86.4 Å². The van der Waals surface area contributed by atoms with Crippen LogP contribution in [0.15, 0.2) is 36.7 Å². The third-order valence-corrected chi connectivity index (χ3v) is 1.81. The summed E-state index contributed by atoms with van der Waals surface area (Å²) in [5, 5.41) is 18.6. The molecule has 0 fully saturated rings. The van der Waals surface area contributed by atoms with Crippen LogP contribution in [-0.2, 0) is 0 Å². The third kappa shape index (κ3) is 2.06. The highest BCUT2D eigenvalue weighted by molar-refractivity contribution is 5.58. The summed E-state index contributed by atoms with van der Waals surface area (Å²) in [4.78, 5) is 3.98. The minimum atomic E-state index is 0.435. The summed E-state index contributed by atoms with van der Waals surface area (Å²) in [5.41, 5.74) is 1.63. The van der Waals surface area contributed by atoms with Crippen molar-refractivity contribution >= 4 is 5.82 Å². The van der Waals surface area contributed by atoms with Crippen LogP contribution in [0, 0.1) is 11.5 Å². The smallest absolute Gasteiger partial charge is 0.182 e. The molecule has 1 N–H and O–H groups in total. The van der Waals surface area contributed by atoms with Gasteiger partial charge in [-0.1, -0.05) is 0 Å². The number of anilines is 1. The number of rotatable bonds is 2. The molecule has 2 aromatic heterocycles. The minimum absolute atomic E-state index is 0.435. The van der Waals surface area contributed by atoms with Crippen molar-refractivity contribution < 1.29 is 0 Å². The van der Waals surface area contributed by atoms with Crippen LogP contribution in [0.25, 0.3) is 11.3 Å². The minimum Gasteiger partial charge on any atom is -0.275 e. The lowest BCUT2D eigenvalue weighted by atomic mass is 10.2. The van der Waals surface area contributed by atoms with Crippen molar-refractivity contribution in [2.45, 2.75) is 0 Å². The van der Waals surface area contributed by atoms with E-state index in [1.807, 2.05) is 12.1 Å². The topological polar surface area (TPSA) is 74.5 Å². The number of nitrogens with zero attached hydrogens (tertiary/aromatic N) is 4. The van der Waals surface area contributed by atoms with E-state index in [0.717, 1.165) is 11.3 Å². The molecule has 5 nitrogen and oxygen atoms in total. The van der Waals surface area contributed by atoms with Crippen molar-refractivity contribution in [3.63, 3.8) is 0 Å². The van der Waals surface area contributed by atoms with Gasteiger partial charge in [0.05, 0.1) is 5.69 Å². The first kappa shape index (κ1) is 9.09. The van der Waals surface area contributed by atoms with Crippen LogP contribution in [0.3, 0.4) is 0 Å². The molecule has 72 valence electrons. The highest BCUT2D eigenvalue weighted by Gasteiger charge is 1.99. The van der Waals surface area contributed by atoms with Gasteiger partial charge in [-0.2, -0.15) is 5.26 Å². The van der Waals surface area contributed by atoms with Gasteiger partial charge in [0.2, 0.25) is 0 Å². The van der Waals surface area contributed by atoms with Gasteiger partial charge in [0, 0.05) is 18.0 Å². The Morgan fingerprint density at radius 1 is 1.20 bits per heavy atom. The molecule has 0 atom stereocenters. The van der Waals surface area contributed by atoms with Gasteiger partial charge in [0.25, 0.3) is 0 Å². The average Bonchev–Trinajstić information content (AvgIpc) is 2.32. The summed E-state index contributed by atoms with van der Waals surface area (Å²) in [5.74, 6) is 0.435. The van der Waals surface area contributed by atoms with Crippen LogP contribution in [0.5, 0.6) is 0 Å². The molecule has 0 saturated carbocycles. The fourth-order valence-corrected chi connectivity index (χ4v) is 1.12. The molecule has 0 amide bonds. The largest absolute Gasteiger partial charge is 0.275 e. The van der Waals surface area contributed by atoms with E-state index in [9.17, 15) is 0 Å². The Bertz CT molecular complexity index is 471. The molecule has 0 unspecified atom stereocenters. The molecule has 2 heterocycles. The predicted molar refractivity (Wildman–Crippen MR) is 54.5 cm³/mol. The zero-order valence-electron chi connectivity index (χ0n) is 7.75. The highest BCUT2D eigenvalue weighted by atomic mass is 15.2. The van der Waals surface area contributed by atoms with E-state index in [2.05, 4.69) is 20.5 Å². The summed E-state index contributed by atoms with van der Waals surface area (Å²) >= 11 is 0. The third-order valence-electron chi connectivity index (χ3n) is 1.81. The van der Waals surface area contributed by atoms with Crippen LogP contribution in [-0.4, -0.2) is 15.2 Å². The van der Waals surface area contributed by atoms with E-state index in [1.165, 1.54) is 0 Å². The second-order valence-electron chi connectivity index (χ2n) is 2.78. The van der Waals surface area contributed by atoms with Crippen molar-refractivity contribution in [2.24, 2.45) is 0 Å². The molecule has 2 aromatic rings. The van der Waals surface area contributed by atoms with Crippen LogP contribution >= 0.6 is 0 Å². The molecule has 0 aliphatic rings. The fraction of sp³-hybridized carbons (Fsp3) is 0. The van der Waals surface area contributed by atoms with Crippen molar-refractivity contribution in [1.82, 2.24) is 15.2 Å². The van der Waals surface area contributed by atoms with Gasteiger partial charge < -0.3 is 0 Å². The first-order valence-corrected chi connectivity index (χ1v) is 4.29. The van der Waals surface area contributed by atoms with Crippen LogP contribution in [0.2, 0.25) is 0 Å². The molecule has 15 heavy (non-hydrogen) atoms. The lowest BCUT2D eigenvalue weighted by molar-refractivity contribution is 1.04. The molecule has 0 bridgehead atoms. The van der Waals surface area contributed by atoms with Crippen molar-refractivity contribution in [2.75, 3.05) is 5.32 Å². The maximum atomic E-state index is 8.37. The number of hydrogen-bond acceptors (Lipinski definition) is 5. The maximum Gasteiger partial charge on any atom is 0.182 e. The van der Waals surface area contributed by atoms with Crippen molar-refractivity contribution in [3.8, 4) is 17.5 Å². The van der Waals surface area contributed by atoms with Gasteiger partial charge in [-0.25, -0.2) is 0 Å². The number of nitrogens with one attached hydrogen (secondary N) is 1. The monoisotopic (exact) mass is 197 g/mol. The summed E-state index contributed by atoms with van der Waals surface area (Å²) in [6.07, 6.45) is 5.19. The van der Waals surface area contributed by atoms with Crippen molar-refractivity contribution in [3.05, 3.63) is 36.7 Å². The predicted octanol–water partition coefficient (Wildman–Crippen LogP) is 1.43. The Hall–Kier alpha value is -2.48. The molecular weight excluding hydrogens is 190 g/mol. The fourth-order valence-electron chi connectivity index (χ4n) is 1.12. The summed E-state index contributed by atoms with van der Waals surface area (Å²) in [6, 6.07) is 7.20. The summed E-state index contributed by atoms with van der Waals surface area (Å²) < 4.78 is 0. The molecule has 0 spiro atoms. The molecule has 0 aromatic carbocycles. The Morgan fingerprint density at radius 3 is 2.73 bits per heavy atom. The maximum absolute atomic E-state index is 8.37. The normalized spacial score (nSPS) is 9.27. The standard InChI is InChI=1S/C10H7N5/c11-7-13-10-4-3-9(14-15-10)8-2-1-5-12-6-8/h1-6H,(H,13,15). The molecular formula is C10H7N5. The molecule has 2 rings (SSSR count). The zero-order valence-corrected chi connectivity index (χ0v) is 7.75. The molecule has 0 saturated heterocycles. The molecule has 0 aliphatic heterocycles. The van der Waals surface area contributed by atoms with Gasteiger partial charge in [0.15, 0.2) is 12.0 Å². The van der Waals surface area contributed by atoms with Gasteiger partial charge in [0.1, 0.15) is 0 Å². The second kappa shape index (κ2) is 4.15. The number of hydrogen-bond donors (Lipinski definition) is 1. The van der Waals surface area contributed by atoms with Gasteiger partial charge in [-0.15, -0.1) is 10.2 Å². The first-order chi connectivity index (χ1) is 7.40. The number of nitriles is 1. The quantitative estimate of drug-likeness (QED) is 0.582. The molecule has 5 heteroatoms. The van der Waals surface area contributed by atoms with E-state index in [-0.39, 0.29) is 0 Å². The summed E-state index contributed by atoms with van der Waals surface area (Å²) in [7, 11) is 0. The van der Waals surface area contributed by atoms with E-state index in [4.69, 9.17) is 5.26 Å². The Kier molecular flexibility index (Phi) is 2.52. The van der Waals surface area contributed by atoms with E-state index < -0.39 is 0 Å². The molecule has 0 aliphatic carbocycles. The van der Waals surface area contributed by atoms with Crippen LogP contribution in [0.1, 0.15) is 0 Å². The van der Waals surface area contributed by atoms with Gasteiger partial charge in [-0.3, -0.25) is 10.3 Å². The zero-order chi connectivity index (χ0) is 10.5. The Morgan fingerprint density at radius 2 is 2.13 bits per heavy atom. The van der Waals surface area contributed by atoms with Crippen molar-refractivity contribution in [1.29, 1.82) is 5.26 Å². The highest BCUT2D eigenvalue weighted by Crippen LogP contribution is 2.14. The first-order valence-electron chi connectivity index (χ1n) is 4.29. The lowest BCUT2D eigenvalue weighted by Crippen LogP contribution is -1.94. The van der Waals surface area contributed by atoms with E-state index >= 15 is 0 Å². The summed E-state index contributed by atoms with van der Waals surface area (Å²) in [6.45, 7) is 0. The SMILES string of the molecule is N#CNc1ccc(-c2cccnc2)nn1. The van der Waals surface area contributed by atoms with Crippen LogP contribution < -0.4 is 5.32 Å². The van der Waals surface area contributed by atoms with Crippen LogP contribution in [0.4, 0.5) is 5.82 Å². The number of aromatic nitrogens is 3. The van der Waals surface area contributed by atoms with Gasteiger partial charge in [-0.05, 0) is 24.3 Å². The van der Waals surface area contributed by atoms with Gasteiger partial charge >= 0.3 is 0 Å². The average molecular weight is 197 g/mol. The lowest BCUT2D eigenvalue weighted by Gasteiger charge is -1.99. The Balaban J connectivity index is 2.29. The second-order valence-corrected chi connectivity index (χ2v) is 2.78. The molecule has 0 radical (unpaired) electrons.